The smallest absolute Gasteiger partial charge is 0.225 e. The number of methoxy groups -OCH3 is 1. The summed E-state index contributed by atoms with van der Waals surface area (Å²) in [7, 11) is 1.75. The number of halogens is 1. The molecule has 0 aliphatic carbocycles. The Morgan fingerprint density at radius 1 is 1.38 bits per heavy atom. The number of piperidine rings is 1. The van der Waals surface area contributed by atoms with E-state index in [9.17, 15) is 4.79 Å². The molecule has 3 atom stereocenters. The number of hydrogen-bond acceptors (Lipinski definition) is 4. The van der Waals surface area contributed by atoms with Gasteiger partial charge in [-0.05, 0) is 45.2 Å². The predicted octanol–water partition coefficient (Wildman–Crippen LogP) is 1.11. The van der Waals surface area contributed by atoms with Gasteiger partial charge in [-0.15, -0.1) is 12.4 Å². The lowest BCUT2D eigenvalue weighted by Gasteiger charge is -2.37. The number of fused-ring (bicyclic) bond motifs is 2. The maximum Gasteiger partial charge on any atom is 0.225 e. The van der Waals surface area contributed by atoms with Crippen LogP contribution in [-0.2, 0) is 14.3 Å². The van der Waals surface area contributed by atoms with Crippen LogP contribution in [0.5, 0.6) is 0 Å². The Kier molecular flexibility index (Phi) is 5.88. The SMILES string of the molecule is COCC1(CNC(=O)C2CC3CCC2O3)CCNCC1.Cl. The standard InChI is InChI=1S/C15H26N2O3.ClH/c1-19-10-15(4-6-16-7-5-15)9-17-14(18)12-8-11-2-3-13(12)20-11;/h11-13,16H,2-10H2,1H3,(H,17,18);1H. The summed E-state index contributed by atoms with van der Waals surface area (Å²) in [4.78, 5) is 12.4. The van der Waals surface area contributed by atoms with Crippen molar-refractivity contribution in [2.45, 2.75) is 44.3 Å². The average molecular weight is 319 g/mol. The van der Waals surface area contributed by atoms with Crippen molar-refractivity contribution in [3.8, 4) is 0 Å². The molecular weight excluding hydrogens is 292 g/mol. The first-order chi connectivity index (χ1) is 9.72. The third-order valence-corrected chi connectivity index (χ3v) is 5.20. The van der Waals surface area contributed by atoms with E-state index in [-0.39, 0.29) is 35.8 Å². The molecule has 0 saturated carbocycles. The Balaban J connectivity index is 0.00000161. The number of nitrogens with one attached hydrogen (secondary N) is 2. The molecule has 21 heavy (non-hydrogen) atoms. The number of hydrogen-bond donors (Lipinski definition) is 2. The quantitative estimate of drug-likeness (QED) is 0.797. The molecule has 0 aromatic rings. The first-order valence-electron chi connectivity index (χ1n) is 7.85. The highest BCUT2D eigenvalue weighted by Gasteiger charge is 2.44. The largest absolute Gasteiger partial charge is 0.384 e. The number of rotatable bonds is 5. The van der Waals surface area contributed by atoms with Gasteiger partial charge >= 0.3 is 0 Å². The van der Waals surface area contributed by atoms with Crippen LogP contribution in [0.4, 0.5) is 0 Å². The van der Waals surface area contributed by atoms with E-state index in [4.69, 9.17) is 9.47 Å². The number of carbonyl (C=O) groups excluding carboxylic acids is 1. The van der Waals surface area contributed by atoms with Gasteiger partial charge < -0.3 is 20.1 Å². The molecule has 3 aliphatic rings. The lowest BCUT2D eigenvalue weighted by Crippen LogP contribution is -2.48. The van der Waals surface area contributed by atoms with E-state index >= 15 is 0 Å². The normalized spacial score (nSPS) is 33.5. The summed E-state index contributed by atoms with van der Waals surface area (Å²) in [6, 6.07) is 0. The minimum absolute atomic E-state index is 0. The fourth-order valence-corrected chi connectivity index (χ4v) is 3.95. The number of amides is 1. The van der Waals surface area contributed by atoms with Crippen molar-refractivity contribution >= 4 is 18.3 Å². The highest BCUT2D eigenvalue weighted by atomic mass is 35.5. The number of ether oxygens (including phenoxy) is 2. The molecule has 5 nitrogen and oxygen atoms in total. The van der Waals surface area contributed by atoms with E-state index in [1.165, 1.54) is 0 Å². The van der Waals surface area contributed by atoms with Crippen molar-refractivity contribution in [1.82, 2.24) is 10.6 Å². The molecule has 3 saturated heterocycles. The maximum atomic E-state index is 12.4. The molecule has 0 aromatic heterocycles. The molecule has 3 rings (SSSR count). The topological polar surface area (TPSA) is 59.6 Å². The molecule has 3 fully saturated rings. The van der Waals surface area contributed by atoms with Crippen LogP contribution in [0.25, 0.3) is 0 Å². The monoisotopic (exact) mass is 318 g/mol. The number of carbonyl (C=O) groups is 1. The van der Waals surface area contributed by atoms with Gasteiger partial charge in [0.25, 0.3) is 0 Å². The minimum Gasteiger partial charge on any atom is -0.384 e. The Bertz CT molecular complexity index is 355. The predicted molar refractivity (Wildman–Crippen MR) is 82.7 cm³/mol. The van der Waals surface area contributed by atoms with Crippen LogP contribution in [0.2, 0.25) is 0 Å². The van der Waals surface area contributed by atoms with Gasteiger partial charge in [0.15, 0.2) is 0 Å². The van der Waals surface area contributed by atoms with E-state index in [1.54, 1.807) is 7.11 Å². The Morgan fingerprint density at radius 2 is 2.14 bits per heavy atom. The third kappa shape index (κ3) is 3.70. The van der Waals surface area contributed by atoms with Gasteiger partial charge in [0.05, 0.1) is 24.7 Å². The molecule has 3 heterocycles. The molecule has 3 unspecified atom stereocenters. The van der Waals surface area contributed by atoms with Crippen LogP contribution < -0.4 is 10.6 Å². The summed E-state index contributed by atoms with van der Waals surface area (Å²) in [5.41, 5.74) is 0.105. The van der Waals surface area contributed by atoms with Gasteiger partial charge in [0.2, 0.25) is 5.91 Å². The van der Waals surface area contributed by atoms with Gasteiger partial charge in [-0.25, -0.2) is 0 Å². The van der Waals surface area contributed by atoms with Crippen LogP contribution in [0.15, 0.2) is 0 Å². The van der Waals surface area contributed by atoms with E-state index < -0.39 is 0 Å². The summed E-state index contributed by atoms with van der Waals surface area (Å²) in [5.74, 6) is 0.265. The third-order valence-electron chi connectivity index (χ3n) is 5.20. The first-order valence-corrected chi connectivity index (χ1v) is 7.85. The Hall–Kier alpha value is -0.360. The molecule has 122 valence electrons. The molecule has 0 spiro atoms. The second-order valence-electron chi connectivity index (χ2n) is 6.62. The van der Waals surface area contributed by atoms with E-state index in [0.717, 1.165) is 58.3 Å². The summed E-state index contributed by atoms with van der Waals surface area (Å²) < 4.78 is 11.2. The highest BCUT2D eigenvalue weighted by Crippen LogP contribution is 2.39. The lowest BCUT2D eigenvalue weighted by molar-refractivity contribution is -0.127. The van der Waals surface area contributed by atoms with E-state index in [2.05, 4.69) is 10.6 Å². The average Bonchev–Trinajstić information content (AvgIpc) is 3.09. The van der Waals surface area contributed by atoms with Crippen molar-refractivity contribution in [3.05, 3.63) is 0 Å². The van der Waals surface area contributed by atoms with Crippen LogP contribution in [0, 0.1) is 11.3 Å². The summed E-state index contributed by atoms with van der Waals surface area (Å²) in [6.07, 6.45) is 5.73. The Labute approximate surface area is 132 Å². The van der Waals surface area contributed by atoms with Crippen molar-refractivity contribution < 1.29 is 14.3 Å². The summed E-state index contributed by atoms with van der Waals surface area (Å²) >= 11 is 0. The maximum absolute atomic E-state index is 12.4. The van der Waals surface area contributed by atoms with Gasteiger partial charge in [-0.3, -0.25) is 4.79 Å². The van der Waals surface area contributed by atoms with Crippen LogP contribution in [0.3, 0.4) is 0 Å². The molecule has 0 aromatic carbocycles. The van der Waals surface area contributed by atoms with Crippen LogP contribution in [0.1, 0.15) is 32.1 Å². The fraction of sp³-hybridized carbons (Fsp3) is 0.933. The van der Waals surface area contributed by atoms with Crippen LogP contribution in [-0.4, -0.2) is 51.5 Å². The van der Waals surface area contributed by atoms with E-state index in [0.29, 0.717) is 6.10 Å². The van der Waals surface area contributed by atoms with E-state index in [1.807, 2.05) is 0 Å². The molecule has 6 heteroatoms. The molecule has 1 amide bonds. The zero-order valence-corrected chi connectivity index (χ0v) is 13.5. The van der Waals surface area contributed by atoms with Gasteiger partial charge in [-0.1, -0.05) is 0 Å². The van der Waals surface area contributed by atoms with Crippen LogP contribution >= 0.6 is 12.4 Å². The zero-order valence-electron chi connectivity index (χ0n) is 12.7. The summed E-state index contributed by atoms with van der Waals surface area (Å²) in [5, 5.41) is 6.55. The molecular formula is C15H27ClN2O3. The second-order valence-corrected chi connectivity index (χ2v) is 6.62. The minimum atomic E-state index is 0. The summed E-state index contributed by atoms with van der Waals surface area (Å²) in [6.45, 7) is 3.48. The molecule has 2 N–H and O–H groups in total. The molecule has 2 bridgehead atoms. The molecule has 3 aliphatic heterocycles. The van der Waals surface area contributed by atoms with Crippen molar-refractivity contribution in [1.29, 1.82) is 0 Å². The highest BCUT2D eigenvalue weighted by molar-refractivity contribution is 5.85. The van der Waals surface area contributed by atoms with Crippen molar-refractivity contribution in [2.75, 3.05) is 33.4 Å². The van der Waals surface area contributed by atoms with Crippen molar-refractivity contribution in [3.63, 3.8) is 0 Å². The zero-order chi connectivity index (χ0) is 14.0. The Morgan fingerprint density at radius 3 is 2.71 bits per heavy atom. The second kappa shape index (κ2) is 7.27. The lowest BCUT2D eigenvalue weighted by atomic mass is 9.79. The van der Waals surface area contributed by atoms with Gasteiger partial charge in [0.1, 0.15) is 0 Å². The molecule has 0 radical (unpaired) electrons. The first kappa shape index (κ1) is 17.0. The fourth-order valence-electron chi connectivity index (χ4n) is 3.95. The van der Waals surface area contributed by atoms with Crippen molar-refractivity contribution in [2.24, 2.45) is 11.3 Å². The van der Waals surface area contributed by atoms with Gasteiger partial charge in [-0.2, -0.15) is 0 Å². The van der Waals surface area contributed by atoms with Gasteiger partial charge in [0, 0.05) is 19.1 Å².